The molecule has 2 aromatic carbocycles. The van der Waals surface area contributed by atoms with Gasteiger partial charge in [0.1, 0.15) is 22.2 Å². The van der Waals surface area contributed by atoms with Gasteiger partial charge in [-0.15, -0.1) is 11.6 Å². The zero-order valence-corrected chi connectivity index (χ0v) is 20.3. The summed E-state index contributed by atoms with van der Waals surface area (Å²) < 4.78 is 53.0. The van der Waals surface area contributed by atoms with Gasteiger partial charge in [0.15, 0.2) is 14.7 Å². The predicted molar refractivity (Wildman–Crippen MR) is 132 cm³/mol. The summed E-state index contributed by atoms with van der Waals surface area (Å²) in [7, 11) is -4.33. The summed E-state index contributed by atoms with van der Waals surface area (Å²) in [6.07, 6.45) is 3.87. The number of para-hydroxylation sites is 1. The molecule has 0 aliphatic heterocycles. The van der Waals surface area contributed by atoms with Crippen molar-refractivity contribution in [2.45, 2.75) is 9.81 Å². The second-order valence-corrected chi connectivity index (χ2v) is 10.7. The number of primary amides is 1. The van der Waals surface area contributed by atoms with Gasteiger partial charge < -0.3 is 21.5 Å². The van der Waals surface area contributed by atoms with Crippen molar-refractivity contribution >= 4 is 61.8 Å². The van der Waals surface area contributed by atoms with Crippen LogP contribution in [0.15, 0.2) is 60.7 Å². The minimum absolute atomic E-state index is 0.0774. The fraction of sp³-hybridized carbons (Fsp3) is 0.136. The van der Waals surface area contributed by atoms with E-state index in [0.29, 0.717) is 0 Å². The van der Waals surface area contributed by atoms with Crippen molar-refractivity contribution in [1.82, 2.24) is 5.32 Å². The molecule has 1 aliphatic carbocycles. The Hall–Kier alpha value is -3.19. The van der Waals surface area contributed by atoms with E-state index < -0.39 is 53.8 Å². The second-order valence-electron chi connectivity index (χ2n) is 7.53. The van der Waals surface area contributed by atoms with Gasteiger partial charge in [0.2, 0.25) is 4.93 Å². The predicted octanol–water partition coefficient (Wildman–Crippen LogP) is 2.88. The fourth-order valence-electron chi connectivity index (χ4n) is 3.43. The highest BCUT2D eigenvalue weighted by molar-refractivity contribution is 7.92. The first-order valence-electron chi connectivity index (χ1n) is 9.70. The number of anilines is 1. The lowest BCUT2D eigenvalue weighted by atomic mass is 9.88. The number of alkyl halides is 1. The summed E-state index contributed by atoms with van der Waals surface area (Å²) >= 11 is 11.6. The first-order valence-corrected chi connectivity index (χ1v) is 12.4. The maximum atomic E-state index is 14.1. The van der Waals surface area contributed by atoms with Crippen molar-refractivity contribution in [1.29, 1.82) is 0 Å². The third kappa shape index (κ3) is 4.82. The number of nitrogens with two attached hydrogens (primary N) is 1. The van der Waals surface area contributed by atoms with Gasteiger partial charge in [-0.25, -0.2) is 22.0 Å². The Morgan fingerprint density at radius 1 is 1.11 bits per heavy atom. The molecular formula is C22H18ClF2N3O5S2. The molecule has 0 saturated carbocycles. The molecule has 2 atom stereocenters. The summed E-state index contributed by atoms with van der Waals surface area (Å²) in [6.45, 7) is 0. The monoisotopic (exact) mass is 541 g/mol. The van der Waals surface area contributed by atoms with Crippen LogP contribution in [0.3, 0.4) is 0 Å². The van der Waals surface area contributed by atoms with Crippen molar-refractivity contribution in [3.8, 4) is 0 Å². The molecule has 0 radical (unpaired) electrons. The number of allylic oxidation sites excluding steroid dienone is 2. The van der Waals surface area contributed by atoms with E-state index in [1.807, 2.05) is 5.32 Å². The third-order valence-electron chi connectivity index (χ3n) is 5.17. The standard InChI is InChI=1S/C22H18ClF2N3O5S2/c1-35(32,33)22(31)10-9-12(11-21(22,23)19(34)28-20(26)30)13-5-2-3-8-16(13)27-18(29)17-14(24)6-4-7-15(17)25/h2-11,31H,1H3,(H,27,29)(H3,26,28,30,34). The molecule has 3 rings (SSSR count). The Bertz CT molecular complexity index is 1390. The van der Waals surface area contributed by atoms with E-state index in [0.717, 1.165) is 36.6 Å². The van der Waals surface area contributed by atoms with Gasteiger partial charge in [-0.1, -0.05) is 42.6 Å². The van der Waals surface area contributed by atoms with Crippen molar-refractivity contribution in [2.24, 2.45) is 5.73 Å². The van der Waals surface area contributed by atoms with Gasteiger partial charge in [0, 0.05) is 17.5 Å². The quantitative estimate of drug-likeness (QED) is 0.339. The highest BCUT2D eigenvalue weighted by Gasteiger charge is 2.58. The van der Waals surface area contributed by atoms with Gasteiger partial charge in [-0.05, 0) is 35.9 Å². The Morgan fingerprint density at radius 3 is 2.29 bits per heavy atom. The average Bonchev–Trinajstić information content (AvgIpc) is 2.75. The van der Waals surface area contributed by atoms with E-state index in [9.17, 15) is 31.9 Å². The van der Waals surface area contributed by atoms with Gasteiger partial charge in [-0.3, -0.25) is 4.79 Å². The van der Waals surface area contributed by atoms with Crippen LogP contribution >= 0.6 is 23.8 Å². The Morgan fingerprint density at radius 2 is 1.71 bits per heavy atom. The highest BCUT2D eigenvalue weighted by atomic mass is 35.5. The molecule has 0 saturated heterocycles. The number of amides is 3. The lowest BCUT2D eigenvalue weighted by molar-refractivity contribution is 0.101. The molecule has 0 bridgehead atoms. The number of aliphatic hydroxyl groups is 1. The SMILES string of the molecule is CS(=O)(=O)C1(O)C=CC(c2ccccc2NC(=O)c2c(F)cccc2F)=CC1(Cl)C(=S)NC(N)=O. The van der Waals surface area contributed by atoms with E-state index in [4.69, 9.17) is 29.6 Å². The zero-order chi connectivity index (χ0) is 26.2. The molecule has 13 heteroatoms. The van der Waals surface area contributed by atoms with Crippen LogP contribution in [-0.4, -0.2) is 46.5 Å². The van der Waals surface area contributed by atoms with Crippen LogP contribution in [0.25, 0.3) is 5.57 Å². The highest BCUT2D eigenvalue weighted by Crippen LogP contribution is 2.44. The lowest BCUT2D eigenvalue weighted by Gasteiger charge is -2.40. The molecule has 2 aromatic rings. The summed E-state index contributed by atoms with van der Waals surface area (Å²) in [5.74, 6) is -3.22. The zero-order valence-electron chi connectivity index (χ0n) is 17.9. The molecule has 0 spiro atoms. The summed E-state index contributed by atoms with van der Waals surface area (Å²) in [6, 6.07) is 7.84. The van der Waals surface area contributed by atoms with E-state index in [2.05, 4.69) is 5.32 Å². The van der Waals surface area contributed by atoms with Crippen molar-refractivity contribution in [3.63, 3.8) is 0 Å². The van der Waals surface area contributed by atoms with Crippen LogP contribution in [0, 0.1) is 11.6 Å². The van der Waals surface area contributed by atoms with Gasteiger partial charge in [0.25, 0.3) is 5.91 Å². The second kappa shape index (κ2) is 9.46. The number of carbonyl (C=O) groups is 2. The molecule has 0 fully saturated rings. The number of rotatable bonds is 5. The molecule has 0 aromatic heterocycles. The number of sulfone groups is 1. The maximum absolute atomic E-state index is 14.1. The maximum Gasteiger partial charge on any atom is 0.317 e. The molecule has 35 heavy (non-hydrogen) atoms. The number of thiocarbonyl (C=S) groups is 1. The Kier molecular flexibility index (Phi) is 7.14. The summed E-state index contributed by atoms with van der Waals surface area (Å²) in [5.41, 5.74) is 4.75. The normalized spacial score (nSPS) is 21.7. The molecule has 2 unspecified atom stereocenters. The van der Waals surface area contributed by atoms with Crippen LogP contribution in [-0.2, 0) is 9.84 Å². The number of nitrogens with one attached hydrogen (secondary N) is 2. The minimum Gasteiger partial charge on any atom is -0.369 e. The number of carbonyl (C=O) groups excluding carboxylic acids is 2. The van der Waals surface area contributed by atoms with Crippen molar-refractivity contribution in [3.05, 3.63) is 83.5 Å². The number of urea groups is 1. The van der Waals surface area contributed by atoms with Gasteiger partial charge in [-0.2, -0.15) is 0 Å². The van der Waals surface area contributed by atoms with Crippen LogP contribution in [0.4, 0.5) is 19.3 Å². The van der Waals surface area contributed by atoms with Crippen molar-refractivity contribution in [2.75, 3.05) is 11.6 Å². The number of benzene rings is 2. The minimum atomic E-state index is -4.33. The fourth-order valence-corrected chi connectivity index (χ4v) is 5.47. The Labute approximate surface area is 209 Å². The van der Waals surface area contributed by atoms with Crippen molar-refractivity contribution < 1.29 is 31.9 Å². The van der Waals surface area contributed by atoms with E-state index in [1.165, 1.54) is 24.3 Å². The largest absolute Gasteiger partial charge is 0.369 e. The van der Waals surface area contributed by atoms with E-state index in [-0.39, 0.29) is 16.8 Å². The van der Waals surface area contributed by atoms with E-state index >= 15 is 0 Å². The summed E-state index contributed by atoms with van der Waals surface area (Å²) in [5, 5.41) is 15.4. The smallest absolute Gasteiger partial charge is 0.317 e. The number of hydrogen-bond acceptors (Lipinski definition) is 6. The number of halogens is 3. The first-order chi connectivity index (χ1) is 16.2. The topological polar surface area (TPSA) is 139 Å². The van der Waals surface area contributed by atoms with Crippen LogP contribution < -0.4 is 16.4 Å². The van der Waals surface area contributed by atoms with Gasteiger partial charge >= 0.3 is 6.03 Å². The van der Waals surface area contributed by atoms with Crippen LogP contribution in [0.1, 0.15) is 15.9 Å². The van der Waals surface area contributed by atoms with Crippen LogP contribution in [0.5, 0.6) is 0 Å². The molecular weight excluding hydrogens is 524 g/mol. The Balaban J connectivity index is 2.12. The third-order valence-corrected chi connectivity index (χ3v) is 8.00. The molecule has 184 valence electrons. The molecule has 1 aliphatic rings. The van der Waals surface area contributed by atoms with Gasteiger partial charge in [0.05, 0.1) is 0 Å². The van der Waals surface area contributed by atoms with Crippen LogP contribution in [0.2, 0.25) is 0 Å². The lowest BCUT2D eigenvalue weighted by Crippen LogP contribution is -2.62. The molecule has 3 amide bonds. The average molecular weight is 542 g/mol. The molecule has 8 nitrogen and oxygen atoms in total. The first kappa shape index (κ1) is 26.4. The molecule has 5 N–H and O–H groups in total. The summed E-state index contributed by atoms with van der Waals surface area (Å²) in [4.78, 5) is 18.2. The van der Waals surface area contributed by atoms with E-state index in [1.54, 1.807) is 6.07 Å². The molecule has 0 heterocycles. The number of hydrogen-bond donors (Lipinski definition) is 4.